The van der Waals surface area contributed by atoms with E-state index in [4.69, 9.17) is 9.47 Å². The quantitative estimate of drug-likeness (QED) is 0.553. The van der Waals surface area contributed by atoms with Crippen LogP contribution in [0.15, 0.2) is 47.8 Å². The summed E-state index contributed by atoms with van der Waals surface area (Å²) in [6, 6.07) is 10.7. The summed E-state index contributed by atoms with van der Waals surface area (Å²) in [5.41, 5.74) is 6.14. The van der Waals surface area contributed by atoms with Crippen LogP contribution >= 0.6 is 0 Å². The summed E-state index contributed by atoms with van der Waals surface area (Å²) < 4.78 is 10.5. The Hall–Kier alpha value is -3.35. The van der Waals surface area contributed by atoms with Gasteiger partial charge in [-0.2, -0.15) is 5.10 Å². The number of fused-ring (bicyclic) bond motifs is 1. The molecule has 1 amide bonds. The fraction of sp³-hybridized carbons (Fsp3) is 0.167. The Morgan fingerprint density at radius 2 is 1.84 bits per heavy atom. The van der Waals surface area contributed by atoms with Crippen molar-refractivity contribution in [2.45, 2.75) is 6.92 Å². The number of rotatable bonds is 5. The topological polar surface area (TPSA) is 88.6 Å². The van der Waals surface area contributed by atoms with Gasteiger partial charge in [-0.1, -0.05) is 0 Å². The lowest BCUT2D eigenvalue weighted by atomic mass is 10.1. The van der Waals surface area contributed by atoms with Crippen molar-refractivity contribution in [1.82, 2.24) is 15.4 Å². The maximum absolute atomic E-state index is 12.3. The summed E-state index contributed by atoms with van der Waals surface area (Å²) >= 11 is 0. The predicted molar refractivity (Wildman–Crippen MR) is 95.3 cm³/mol. The molecule has 1 heterocycles. The zero-order valence-electron chi connectivity index (χ0n) is 14.2. The second-order valence-corrected chi connectivity index (χ2v) is 5.34. The Bertz CT molecular complexity index is 946. The van der Waals surface area contributed by atoms with Crippen LogP contribution in [-0.4, -0.2) is 35.8 Å². The van der Waals surface area contributed by atoms with E-state index in [1.165, 1.54) is 0 Å². The SMILES string of the molecule is COc1ccc(/C(C)=N/NC(=O)c2ccc3nc[nH]c3c2)cc1OC. The number of hydrogen-bond acceptors (Lipinski definition) is 5. The Morgan fingerprint density at radius 3 is 2.60 bits per heavy atom. The lowest BCUT2D eigenvalue weighted by Gasteiger charge is -2.09. The molecule has 25 heavy (non-hydrogen) atoms. The molecule has 0 aliphatic rings. The fourth-order valence-electron chi connectivity index (χ4n) is 2.40. The average Bonchev–Trinajstić information content (AvgIpc) is 3.12. The number of hydrogen-bond donors (Lipinski definition) is 2. The van der Waals surface area contributed by atoms with Crippen LogP contribution in [0.2, 0.25) is 0 Å². The number of imidazole rings is 1. The minimum Gasteiger partial charge on any atom is -0.493 e. The number of carbonyl (C=O) groups is 1. The van der Waals surface area contributed by atoms with Crippen molar-refractivity contribution >= 4 is 22.7 Å². The third-order valence-electron chi connectivity index (χ3n) is 3.81. The van der Waals surface area contributed by atoms with E-state index in [-0.39, 0.29) is 5.91 Å². The molecular formula is C18H18N4O3. The molecule has 0 aliphatic carbocycles. The van der Waals surface area contributed by atoms with Gasteiger partial charge in [0.15, 0.2) is 11.5 Å². The van der Waals surface area contributed by atoms with E-state index < -0.39 is 0 Å². The van der Waals surface area contributed by atoms with Crippen molar-refractivity contribution in [2.24, 2.45) is 5.10 Å². The molecule has 0 fully saturated rings. The van der Waals surface area contributed by atoms with Crippen LogP contribution in [0.3, 0.4) is 0 Å². The maximum Gasteiger partial charge on any atom is 0.271 e. The van der Waals surface area contributed by atoms with E-state index in [0.29, 0.717) is 22.8 Å². The molecule has 0 saturated carbocycles. The van der Waals surface area contributed by atoms with Gasteiger partial charge in [-0.25, -0.2) is 10.4 Å². The van der Waals surface area contributed by atoms with Crippen molar-refractivity contribution in [1.29, 1.82) is 0 Å². The molecule has 7 heteroatoms. The van der Waals surface area contributed by atoms with E-state index in [1.54, 1.807) is 57.8 Å². The minimum absolute atomic E-state index is 0.295. The first-order chi connectivity index (χ1) is 12.1. The normalized spacial score (nSPS) is 11.4. The van der Waals surface area contributed by atoms with E-state index in [9.17, 15) is 4.79 Å². The molecule has 128 valence electrons. The smallest absolute Gasteiger partial charge is 0.271 e. The summed E-state index contributed by atoms with van der Waals surface area (Å²) in [6.07, 6.45) is 1.59. The van der Waals surface area contributed by atoms with Crippen LogP contribution in [0.5, 0.6) is 11.5 Å². The average molecular weight is 338 g/mol. The molecule has 1 aromatic heterocycles. The van der Waals surface area contributed by atoms with Crippen LogP contribution in [0.25, 0.3) is 11.0 Å². The molecule has 0 atom stereocenters. The molecule has 0 radical (unpaired) electrons. The fourth-order valence-corrected chi connectivity index (χ4v) is 2.40. The van der Waals surface area contributed by atoms with Crippen LogP contribution in [-0.2, 0) is 0 Å². The van der Waals surface area contributed by atoms with Crippen LogP contribution in [0.1, 0.15) is 22.8 Å². The first-order valence-electron chi connectivity index (χ1n) is 7.62. The number of nitrogens with zero attached hydrogens (tertiary/aromatic N) is 2. The van der Waals surface area contributed by atoms with Crippen LogP contribution < -0.4 is 14.9 Å². The Morgan fingerprint density at radius 1 is 1.08 bits per heavy atom. The number of amides is 1. The highest BCUT2D eigenvalue weighted by molar-refractivity contribution is 6.02. The Kier molecular flexibility index (Phi) is 4.65. The lowest BCUT2D eigenvalue weighted by molar-refractivity contribution is 0.0955. The number of ether oxygens (including phenoxy) is 2. The number of H-pyrrole nitrogens is 1. The molecule has 3 aromatic rings. The number of aromatic amines is 1. The van der Waals surface area contributed by atoms with Gasteiger partial charge in [-0.3, -0.25) is 4.79 Å². The van der Waals surface area contributed by atoms with Gasteiger partial charge in [0.2, 0.25) is 0 Å². The number of benzene rings is 2. The van der Waals surface area contributed by atoms with Crippen molar-refractivity contribution in [3.05, 3.63) is 53.9 Å². The van der Waals surface area contributed by atoms with Crippen molar-refractivity contribution < 1.29 is 14.3 Å². The molecule has 2 aromatic carbocycles. The molecular weight excluding hydrogens is 320 g/mol. The number of aromatic nitrogens is 2. The second kappa shape index (κ2) is 7.04. The molecule has 0 bridgehead atoms. The Balaban J connectivity index is 1.77. The summed E-state index contributed by atoms with van der Waals surface area (Å²) in [7, 11) is 3.15. The van der Waals surface area contributed by atoms with Crippen molar-refractivity contribution in [2.75, 3.05) is 14.2 Å². The van der Waals surface area contributed by atoms with Crippen LogP contribution in [0, 0.1) is 0 Å². The van der Waals surface area contributed by atoms with E-state index in [0.717, 1.165) is 16.6 Å². The highest BCUT2D eigenvalue weighted by Gasteiger charge is 2.09. The van der Waals surface area contributed by atoms with Crippen molar-refractivity contribution in [3.63, 3.8) is 0 Å². The monoisotopic (exact) mass is 338 g/mol. The Labute approximate surface area is 144 Å². The van der Waals surface area contributed by atoms with Gasteiger partial charge in [0.05, 0.1) is 37.3 Å². The molecule has 0 spiro atoms. The van der Waals surface area contributed by atoms with Gasteiger partial charge in [0, 0.05) is 11.1 Å². The summed E-state index contributed by atoms with van der Waals surface area (Å²) in [6.45, 7) is 1.81. The molecule has 0 aliphatic heterocycles. The first-order valence-corrected chi connectivity index (χ1v) is 7.62. The number of hydrazone groups is 1. The third kappa shape index (κ3) is 3.45. The van der Waals surface area contributed by atoms with Gasteiger partial charge >= 0.3 is 0 Å². The maximum atomic E-state index is 12.3. The van der Waals surface area contributed by atoms with Gasteiger partial charge in [0.1, 0.15) is 0 Å². The summed E-state index contributed by atoms with van der Waals surface area (Å²) in [4.78, 5) is 19.4. The first kappa shape index (κ1) is 16.5. The second-order valence-electron chi connectivity index (χ2n) is 5.34. The van der Waals surface area contributed by atoms with Crippen molar-refractivity contribution in [3.8, 4) is 11.5 Å². The molecule has 3 rings (SSSR count). The van der Waals surface area contributed by atoms with Crippen LogP contribution in [0.4, 0.5) is 0 Å². The molecule has 7 nitrogen and oxygen atoms in total. The van der Waals surface area contributed by atoms with E-state index in [2.05, 4.69) is 20.5 Å². The van der Waals surface area contributed by atoms with E-state index in [1.807, 2.05) is 6.07 Å². The third-order valence-corrected chi connectivity index (χ3v) is 3.81. The zero-order valence-corrected chi connectivity index (χ0v) is 14.2. The van der Waals surface area contributed by atoms with Gasteiger partial charge in [-0.15, -0.1) is 0 Å². The zero-order chi connectivity index (χ0) is 17.8. The predicted octanol–water partition coefficient (Wildman–Crippen LogP) is 2.73. The summed E-state index contributed by atoms with van der Waals surface area (Å²) in [5.74, 6) is 0.942. The minimum atomic E-state index is -0.295. The highest BCUT2D eigenvalue weighted by Crippen LogP contribution is 2.27. The number of methoxy groups -OCH3 is 2. The molecule has 0 saturated heterocycles. The molecule has 0 unspecified atom stereocenters. The van der Waals surface area contributed by atoms with Gasteiger partial charge in [0.25, 0.3) is 5.91 Å². The standard InChI is InChI=1S/C18H18N4O3/c1-11(12-5-7-16(24-2)17(9-12)25-3)21-22-18(23)13-4-6-14-15(8-13)20-10-19-14/h4-10H,1-3H3,(H,19,20)(H,22,23)/b21-11+. The van der Waals surface area contributed by atoms with Gasteiger partial charge in [-0.05, 0) is 43.3 Å². The number of carbonyl (C=O) groups excluding carboxylic acids is 1. The van der Waals surface area contributed by atoms with Gasteiger partial charge < -0.3 is 14.5 Å². The largest absolute Gasteiger partial charge is 0.493 e. The molecule has 2 N–H and O–H groups in total. The van der Waals surface area contributed by atoms with E-state index >= 15 is 0 Å². The lowest BCUT2D eigenvalue weighted by Crippen LogP contribution is -2.19. The highest BCUT2D eigenvalue weighted by atomic mass is 16.5. The summed E-state index contributed by atoms with van der Waals surface area (Å²) in [5, 5.41) is 4.16. The number of nitrogens with one attached hydrogen (secondary N) is 2.